The summed E-state index contributed by atoms with van der Waals surface area (Å²) < 4.78 is 26.5. The van der Waals surface area contributed by atoms with Crippen molar-refractivity contribution in [2.24, 2.45) is 5.92 Å². The second-order valence-electron chi connectivity index (χ2n) is 11.4. The summed E-state index contributed by atoms with van der Waals surface area (Å²) >= 11 is 10.1. The normalized spacial score (nSPS) is 22.5. The predicted molar refractivity (Wildman–Crippen MR) is 167 cm³/mol. The van der Waals surface area contributed by atoms with Crippen LogP contribution in [0.15, 0.2) is 47.2 Å². The van der Waals surface area contributed by atoms with Crippen molar-refractivity contribution >= 4 is 48.7 Å². The molecule has 10 nitrogen and oxygen atoms in total. The van der Waals surface area contributed by atoms with Crippen LogP contribution in [-0.4, -0.2) is 98.9 Å². The molecule has 0 spiro atoms. The fourth-order valence-corrected chi connectivity index (χ4v) is 6.10. The number of rotatable bonds is 10. The number of hydrogen-bond donors (Lipinski definition) is 1. The van der Waals surface area contributed by atoms with Gasteiger partial charge in [0.05, 0.1) is 47.7 Å². The molecule has 0 amide bonds. The minimum atomic E-state index is -0.700. The molecule has 1 aromatic carbocycles. The van der Waals surface area contributed by atoms with E-state index in [2.05, 4.69) is 44.7 Å². The Hall–Kier alpha value is -2.32. The van der Waals surface area contributed by atoms with Gasteiger partial charge >= 0.3 is 6.01 Å². The van der Waals surface area contributed by atoms with Gasteiger partial charge in [-0.15, -0.1) is 0 Å². The maximum atomic E-state index is 10.1. The van der Waals surface area contributed by atoms with Crippen LogP contribution in [0.1, 0.15) is 0 Å². The highest BCUT2D eigenvalue weighted by atomic mass is 79.9. The van der Waals surface area contributed by atoms with Gasteiger partial charge in [-0.25, -0.2) is 25.0 Å². The Bertz CT molecular complexity index is 1550. The lowest BCUT2D eigenvalue weighted by molar-refractivity contribution is 0.0146. The van der Waals surface area contributed by atoms with E-state index in [1.165, 1.54) is 0 Å². The summed E-state index contributed by atoms with van der Waals surface area (Å²) in [4.78, 5) is 18.4. The second kappa shape index (κ2) is 12.4. The lowest BCUT2D eigenvalue weighted by atomic mass is 10.0. The molecule has 4 atom stereocenters. The fraction of sp³-hybridized carbons (Fsp3) is 0.448. The number of halogens is 2. The van der Waals surface area contributed by atoms with Crippen LogP contribution in [0.5, 0.6) is 6.01 Å². The highest BCUT2D eigenvalue weighted by Crippen LogP contribution is 2.35. The van der Waals surface area contributed by atoms with E-state index in [1.807, 2.05) is 28.8 Å². The molecular formula is C29H33BrClN5O5S. The number of pyridine rings is 1. The van der Waals surface area contributed by atoms with Crippen molar-refractivity contribution in [3.05, 3.63) is 52.2 Å². The van der Waals surface area contributed by atoms with E-state index in [4.69, 9.17) is 40.5 Å². The number of nitrogens with zero attached hydrogens (tertiary/aromatic N) is 5. The number of aromatic nitrogens is 5. The molecule has 0 bridgehead atoms. The average molecular weight is 679 g/mol. The average Bonchev–Trinajstić information content (AvgIpc) is 3.64. The Morgan fingerprint density at radius 2 is 1.76 bits per heavy atom. The van der Waals surface area contributed by atoms with Gasteiger partial charge in [0, 0.05) is 35.2 Å². The van der Waals surface area contributed by atoms with Crippen molar-refractivity contribution in [1.29, 1.82) is 0 Å². The van der Waals surface area contributed by atoms with Crippen LogP contribution in [0.25, 0.3) is 33.8 Å². The number of aliphatic hydroxyl groups is 1. The molecule has 0 saturated carbocycles. The molecule has 2 unspecified atom stereocenters. The zero-order valence-electron chi connectivity index (χ0n) is 23.6. The molecule has 4 aromatic rings. The fourth-order valence-electron chi connectivity index (χ4n) is 5.02. The minimum absolute atomic E-state index is 0.0221. The molecule has 2 fully saturated rings. The second-order valence-corrected chi connectivity index (χ2v) is 17.3. The topological polar surface area (TPSA) is 114 Å². The quantitative estimate of drug-likeness (QED) is 0.237. The summed E-state index contributed by atoms with van der Waals surface area (Å²) in [6, 6.07) is 9.99. The molecule has 0 radical (unpaired) electrons. The Balaban J connectivity index is 1.27. The number of ether oxygens (including phenoxy) is 4. The smallest absolute Gasteiger partial charge is 0.300 e. The zero-order valence-corrected chi connectivity index (χ0v) is 26.7. The third-order valence-corrected chi connectivity index (χ3v) is 9.38. The first-order valence-electron chi connectivity index (χ1n) is 13.6. The highest BCUT2D eigenvalue weighted by molar-refractivity contribution is 9.10. The Morgan fingerprint density at radius 3 is 2.50 bits per heavy atom. The molecule has 6 rings (SSSR count). The molecule has 3 aromatic heterocycles. The maximum Gasteiger partial charge on any atom is 0.300 e. The molecular weight excluding hydrogens is 646 g/mol. The molecule has 224 valence electrons. The molecule has 13 heteroatoms. The summed E-state index contributed by atoms with van der Waals surface area (Å²) in [5.41, 5.74) is 3.58. The monoisotopic (exact) mass is 677 g/mol. The number of fused-ring (bicyclic) bond motifs is 2. The van der Waals surface area contributed by atoms with Gasteiger partial charge in [-0.05, 0) is 40.8 Å². The van der Waals surface area contributed by atoms with Gasteiger partial charge in [0.1, 0.15) is 24.5 Å². The van der Waals surface area contributed by atoms with Gasteiger partial charge in [0.15, 0.2) is 11.5 Å². The summed E-state index contributed by atoms with van der Waals surface area (Å²) in [6.45, 7) is 1.90. The first kappa shape index (κ1) is 29.7. The third kappa shape index (κ3) is 6.45. The lowest BCUT2D eigenvalue weighted by Gasteiger charge is -2.24. The largest absolute Gasteiger partial charge is 0.464 e. The van der Waals surface area contributed by atoms with Crippen LogP contribution < -0.4 is 4.74 Å². The number of imidazole rings is 1. The minimum Gasteiger partial charge on any atom is -0.464 e. The van der Waals surface area contributed by atoms with Crippen LogP contribution in [0.3, 0.4) is 0 Å². The van der Waals surface area contributed by atoms with Crippen LogP contribution in [0, 0.1) is 5.92 Å². The number of aliphatic hydroxyl groups excluding tert-OH is 1. The third-order valence-electron chi connectivity index (χ3n) is 7.29. The molecule has 1 N–H and O–H groups in total. The maximum absolute atomic E-state index is 10.1. The van der Waals surface area contributed by atoms with Crippen molar-refractivity contribution in [2.75, 3.05) is 50.9 Å². The first-order chi connectivity index (χ1) is 20.2. The van der Waals surface area contributed by atoms with Crippen molar-refractivity contribution in [1.82, 2.24) is 24.5 Å². The van der Waals surface area contributed by atoms with Crippen molar-refractivity contribution in [2.45, 2.75) is 25.0 Å². The van der Waals surface area contributed by atoms with Crippen LogP contribution in [0.4, 0.5) is 0 Å². The SMILES string of the molecule is CS(C)(C)CCOCn1c(OCC2COC3[C@@H]2OC[C@H]3O)nc2cc(Cl)c(-c3ccc(-c4ncc(Br)cn4)cc3)nc21. The Labute approximate surface area is 259 Å². The van der Waals surface area contributed by atoms with Gasteiger partial charge in [-0.1, -0.05) is 35.9 Å². The lowest BCUT2D eigenvalue weighted by Crippen LogP contribution is -2.31. The van der Waals surface area contributed by atoms with Crippen molar-refractivity contribution in [3.63, 3.8) is 0 Å². The number of benzene rings is 1. The summed E-state index contributed by atoms with van der Waals surface area (Å²) in [5.74, 6) is 1.59. The van der Waals surface area contributed by atoms with E-state index < -0.39 is 16.1 Å². The van der Waals surface area contributed by atoms with Gasteiger partial charge in [-0.2, -0.15) is 4.98 Å². The molecule has 42 heavy (non-hydrogen) atoms. The predicted octanol–water partition coefficient (Wildman–Crippen LogP) is 4.79. The van der Waals surface area contributed by atoms with Gasteiger partial charge < -0.3 is 24.1 Å². The summed E-state index contributed by atoms with van der Waals surface area (Å²) in [5, 5.41) is 10.6. The van der Waals surface area contributed by atoms with E-state index in [1.54, 1.807) is 18.5 Å². The van der Waals surface area contributed by atoms with E-state index in [-0.39, 0.29) is 31.5 Å². The zero-order chi connectivity index (χ0) is 29.4. The molecule has 5 heterocycles. The summed E-state index contributed by atoms with van der Waals surface area (Å²) in [7, 11) is -0.700. The summed E-state index contributed by atoms with van der Waals surface area (Å²) in [6.07, 6.45) is 9.11. The van der Waals surface area contributed by atoms with Gasteiger partial charge in [0.25, 0.3) is 0 Å². The Morgan fingerprint density at radius 1 is 1.05 bits per heavy atom. The van der Waals surface area contributed by atoms with E-state index >= 15 is 0 Å². The van der Waals surface area contributed by atoms with Crippen LogP contribution in [0.2, 0.25) is 5.02 Å². The molecule has 0 aliphatic carbocycles. The van der Waals surface area contributed by atoms with Gasteiger partial charge in [-0.3, -0.25) is 4.57 Å². The van der Waals surface area contributed by atoms with Gasteiger partial charge in [0.2, 0.25) is 0 Å². The molecule has 2 aliphatic heterocycles. The van der Waals surface area contributed by atoms with E-state index in [0.29, 0.717) is 53.5 Å². The standard InChI is InChI=1S/C29H33BrClN5O5S/c1-42(2,3)9-8-38-16-36-28-22(34-29(36)41-14-19-13-39-26-23(37)15-40-25(19)26)10-21(31)24(35-28)17-4-6-18(7-5-17)27-32-11-20(30)12-33-27/h4-7,10-12,19,23,25-26,37H,8-9,13-16H2,1-3H3/t19?,23-,25-,26?/m1/s1. The highest BCUT2D eigenvalue weighted by Gasteiger charge is 2.47. The first-order valence-corrected chi connectivity index (χ1v) is 17.8. The number of hydrogen-bond acceptors (Lipinski definition) is 9. The van der Waals surface area contributed by atoms with Crippen molar-refractivity contribution in [3.8, 4) is 28.7 Å². The van der Waals surface area contributed by atoms with Crippen LogP contribution >= 0.6 is 37.6 Å². The Kier molecular flexibility index (Phi) is 8.75. The van der Waals surface area contributed by atoms with Crippen LogP contribution in [-0.2, 0) is 20.9 Å². The molecule has 2 aliphatic rings. The van der Waals surface area contributed by atoms with E-state index in [0.717, 1.165) is 21.4 Å². The van der Waals surface area contributed by atoms with Crippen molar-refractivity contribution < 1.29 is 24.1 Å². The molecule has 2 saturated heterocycles. The van der Waals surface area contributed by atoms with E-state index in [9.17, 15) is 5.11 Å².